The smallest absolute Gasteiger partial charge is 0.0548 e. The van der Waals surface area contributed by atoms with Crippen LogP contribution in [0.25, 0.3) is 0 Å². The Morgan fingerprint density at radius 2 is 2.33 bits per heavy atom. The van der Waals surface area contributed by atoms with Gasteiger partial charge in [0.2, 0.25) is 0 Å². The molecule has 0 aromatic heterocycles. The normalized spacial score (nSPS) is 25.8. The van der Waals surface area contributed by atoms with Crippen molar-refractivity contribution in [3.63, 3.8) is 0 Å². The van der Waals surface area contributed by atoms with Gasteiger partial charge in [0.1, 0.15) is 0 Å². The van der Waals surface area contributed by atoms with Crippen LogP contribution < -0.4 is 5.32 Å². The predicted molar refractivity (Wildman–Crippen MR) is 68.5 cm³/mol. The number of benzene rings is 1. The second-order valence-corrected chi connectivity index (χ2v) is 5.78. The van der Waals surface area contributed by atoms with E-state index in [1.807, 2.05) is 6.07 Å². The average Bonchev–Trinajstić information content (AvgIpc) is 2.59. The number of nitrogens with one attached hydrogen (secondary N) is 1. The van der Waals surface area contributed by atoms with Crippen LogP contribution in [0.3, 0.4) is 0 Å². The molecule has 1 aliphatic rings. The Balaban J connectivity index is 2.13. The summed E-state index contributed by atoms with van der Waals surface area (Å²) in [6.45, 7) is 3.44. The van der Waals surface area contributed by atoms with Gasteiger partial charge >= 0.3 is 0 Å². The molecule has 1 N–H and O–H groups in total. The largest absolute Gasteiger partial charge is 0.311 e. The van der Waals surface area contributed by atoms with E-state index < -0.39 is 0 Å². The van der Waals surface area contributed by atoms with Crippen LogP contribution >= 0.6 is 27.5 Å². The Morgan fingerprint density at radius 1 is 1.53 bits per heavy atom. The summed E-state index contributed by atoms with van der Waals surface area (Å²) in [4.78, 5) is 0. The zero-order chi connectivity index (χ0) is 10.9. The molecule has 82 valence electrons. The molecular formula is C12H15BrClN. The van der Waals surface area contributed by atoms with E-state index in [4.69, 9.17) is 11.6 Å². The lowest BCUT2D eigenvalue weighted by Gasteiger charge is -2.24. The van der Waals surface area contributed by atoms with Crippen LogP contribution in [-0.2, 0) is 6.42 Å². The quantitative estimate of drug-likeness (QED) is 0.873. The van der Waals surface area contributed by atoms with Crippen LogP contribution in [0, 0.1) is 0 Å². The maximum absolute atomic E-state index is 5.97. The topological polar surface area (TPSA) is 12.0 Å². The van der Waals surface area contributed by atoms with Crippen LogP contribution in [0.4, 0.5) is 0 Å². The molecule has 0 saturated carbocycles. The molecule has 1 aliphatic heterocycles. The highest BCUT2D eigenvalue weighted by Crippen LogP contribution is 2.28. The van der Waals surface area contributed by atoms with Crippen molar-refractivity contribution in [2.45, 2.75) is 31.7 Å². The van der Waals surface area contributed by atoms with Crippen molar-refractivity contribution in [1.82, 2.24) is 5.32 Å². The lowest BCUT2D eigenvalue weighted by Crippen LogP contribution is -2.38. The molecular weight excluding hydrogens is 273 g/mol. The molecule has 1 nitrogen and oxygen atoms in total. The minimum absolute atomic E-state index is 0.271. The lowest BCUT2D eigenvalue weighted by atomic mass is 9.91. The summed E-state index contributed by atoms with van der Waals surface area (Å²) >= 11 is 9.43. The first kappa shape index (κ1) is 11.4. The van der Waals surface area contributed by atoms with Crippen LogP contribution in [0.5, 0.6) is 0 Å². The van der Waals surface area contributed by atoms with E-state index in [1.165, 1.54) is 18.4 Å². The van der Waals surface area contributed by atoms with E-state index >= 15 is 0 Å². The van der Waals surface area contributed by atoms with Crippen molar-refractivity contribution in [3.05, 3.63) is 33.3 Å². The van der Waals surface area contributed by atoms with Crippen LogP contribution in [0.2, 0.25) is 5.02 Å². The fraction of sp³-hybridized carbons (Fsp3) is 0.500. The fourth-order valence-electron chi connectivity index (χ4n) is 2.21. The van der Waals surface area contributed by atoms with Crippen molar-refractivity contribution in [2.75, 3.05) is 6.54 Å². The summed E-state index contributed by atoms with van der Waals surface area (Å²) in [5, 5.41) is 4.35. The fourth-order valence-corrected chi connectivity index (χ4v) is 2.75. The molecule has 1 atom stereocenters. The molecule has 1 aromatic rings. The van der Waals surface area contributed by atoms with E-state index in [0.717, 1.165) is 22.5 Å². The molecule has 1 saturated heterocycles. The third-order valence-electron chi connectivity index (χ3n) is 3.04. The molecule has 1 aromatic carbocycles. The summed E-state index contributed by atoms with van der Waals surface area (Å²) in [7, 11) is 0. The Bertz CT molecular complexity index is 359. The van der Waals surface area contributed by atoms with Gasteiger partial charge < -0.3 is 5.32 Å². The third-order valence-corrected chi connectivity index (χ3v) is 4.25. The lowest BCUT2D eigenvalue weighted by molar-refractivity contribution is 0.412. The highest BCUT2D eigenvalue weighted by atomic mass is 79.9. The molecule has 1 unspecified atom stereocenters. The summed E-state index contributed by atoms with van der Waals surface area (Å²) in [5.41, 5.74) is 1.61. The molecule has 0 radical (unpaired) electrons. The Kier molecular flexibility index (Phi) is 3.39. The van der Waals surface area contributed by atoms with Gasteiger partial charge in [0.25, 0.3) is 0 Å². The molecule has 3 heteroatoms. The zero-order valence-corrected chi connectivity index (χ0v) is 11.2. The van der Waals surface area contributed by atoms with Gasteiger partial charge in [-0.3, -0.25) is 0 Å². The van der Waals surface area contributed by atoms with E-state index in [2.05, 4.69) is 40.3 Å². The first-order chi connectivity index (χ1) is 7.09. The highest BCUT2D eigenvalue weighted by Gasteiger charge is 2.27. The van der Waals surface area contributed by atoms with Crippen molar-refractivity contribution in [1.29, 1.82) is 0 Å². The van der Waals surface area contributed by atoms with Gasteiger partial charge in [-0.1, -0.05) is 17.7 Å². The molecule has 1 heterocycles. The van der Waals surface area contributed by atoms with Gasteiger partial charge in [-0.25, -0.2) is 0 Å². The number of rotatable bonds is 2. The zero-order valence-electron chi connectivity index (χ0n) is 8.82. The summed E-state index contributed by atoms with van der Waals surface area (Å²) in [6.07, 6.45) is 3.61. The van der Waals surface area contributed by atoms with Crippen LogP contribution in [-0.4, -0.2) is 12.1 Å². The van der Waals surface area contributed by atoms with Gasteiger partial charge in [-0.05, 0) is 66.4 Å². The van der Waals surface area contributed by atoms with Crippen molar-refractivity contribution in [2.24, 2.45) is 0 Å². The van der Waals surface area contributed by atoms with E-state index in [9.17, 15) is 0 Å². The SMILES string of the molecule is CC1(Cc2ccc(Cl)c(Br)c2)CCCN1. The molecule has 2 rings (SSSR count). The second-order valence-electron chi connectivity index (χ2n) is 4.52. The predicted octanol–water partition coefficient (Wildman–Crippen LogP) is 3.79. The second kappa shape index (κ2) is 4.44. The third kappa shape index (κ3) is 2.74. The van der Waals surface area contributed by atoms with E-state index in [-0.39, 0.29) is 5.54 Å². The maximum atomic E-state index is 5.97. The number of halogens is 2. The molecule has 0 aliphatic carbocycles. The Hall–Kier alpha value is -0.0500. The molecule has 0 amide bonds. The summed E-state index contributed by atoms with van der Waals surface area (Å²) in [6, 6.07) is 6.19. The molecule has 15 heavy (non-hydrogen) atoms. The first-order valence-electron chi connectivity index (χ1n) is 5.28. The van der Waals surface area contributed by atoms with E-state index in [1.54, 1.807) is 0 Å². The molecule has 0 spiro atoms. The highest BCUT2D eigenvalue weighted by molar-refractivity contribution is 9.10. The van der Waals surface area contributed by atoms with Gasteiger partial charge in [0.15, 0.2) is 0 Å². The first-order valence-corrected chi connectivity index (χ1v) is 6.45. The Morgan fingerprint density at radius 3 is 2.93 bits per heavy atom. The van der Waals surface area contributed by atoms with Crippen LogP contribution in [0.1, 0.15) is 25.3 Å². The minimum atomic E-state index is 0.271. The molecule has 0 bridgehead atoms. The summed E-state index contributed by atoms with van der Waals surface area (Å²) in [5.74, 6) is 0. The van der Waals surface area contributed by atoms with Gasteiger partial charge in [0.05, 0.1) is 5.02 Å². The standard InChI is InChI=1S/C12H15BrClN/c1-12(5-2-6-15-12)8-9-3-4-11(14)10(13)7-9/h3-4,7,15H,2,5-6,8H2,1H3. The van der Waals surface area contributed by atoms with Crippen molar-refractivity contribution in [3.8, 4) is 0 Å². The maximum Gasteiger partial charge on any atom is 0.0548 e. The van der Waals surface area contributed by atoms with E-state index in [0.29, 0.717) is 0 Å². The monoisotopic (exact) mass is 287 g/mol. The van der Waals surface area contributed by atoms with Gasteiger partial charge in [-0.2, -0.15) is 0 Å². The molecule has 1 fully saturated rings. The number of hydrogen-bond donors (Lipinski definition) is 1. The van der Waals surface area contributed by atoms with Gasteiger partial charge in [0, 0.05) is 10.0 Å². The Labute approximate surface area is 104 Å². The minimum Gasteiger partial charge on any atom is -0.311 e. The summed E-state index contributed by atoms with van der Waals surface area (Å²) < 4.78 is 0.989. The van der Waals surface area contributed by atoms with Crippen molar-refractivity contribution >= 4 is 27.5 Å². The van der Waals surface area contributed by atoms with Crippen LogP contribution in [0.15, 0.2) is 22.7 Å². The average molecular weight is 289 g/mol. The number of hydrogen-bond acceptors (Lipinski definition) is 1. The van der Waals surface area contributed by atoms with Crippen molar-refractivity contribution < 1.29 is 0 Å². The van der Waals surface area contributed by atoms with Gasteiger partial charge in [-0.15, -0.1) is 0 Å².